The normalized spacial score (nSPS) is 17.0. The lowest BCUT2D eigenvalue weighted by molar-refractivity contribution is -0.134. The zero-order valence-electron chi connectivity index (χ0n) is 13.1. The Kier molecular flexibility index (Phi) is 7.99. The molecular weight excluding hydrogens is 345 g/mol. The van der Waals surface area contributed by atoms with Gasteiger partial charge in [0.25, 0.3) is 0 Å². The lowest BCUT2D eigenvalue weighted by Gasteiger charge is -2.26. The molecule has 0 aromatic heterocycles. The maximum absolute atomic E-state index is 12.3. The van der Waals surface area contributed by atoms with Gasteiger partial charge in [-0.2, -0.15) is 13.2 Å². The molecule has 2 rings (SSSR count). The van der Waals surface area contributed by atoms with E-state index in [4.69, 9.17) is 10.5 Å². The molecule has 24 heavy (non-hydrogen) atoms. The molecule has 0 radical (unpaired) electrons. The second kappa shape index (κ2) is 9.25. The van der Waals surface area contributed by atoms with Crippen molar-refractivity contribution in [1.82, 2.24) is 0 Å². The number of carbonyl (C=O) groups is 1. The van der Waals surface area contributed by atoms with Crippen LogP contribution in [0.5, 0.6) is 0 Å². The SMILES string of the molecule is Cl.NC(C(=O)Nc1cccc(CCC(F)(F)F)c1)C1CCOCC1. The molecular formula is C16H22ClF3N2O2. The van der Waals surface area contributed by atoms with Crippen LogP contribution in [-0.4, -0.2) is 31.3 Å². The number of halogens is 4. The highest BCUT2D eigenvalue weighted by Gasteiger charge is 2.27. The minimum Gasteiger partial charge on any atom is -0.381 e. The minimum atomic E-state index is -4.19. The van der Waals surface area contributed by atoms with Crippen LogP contribution >= 0.6 is 12.4 Å². The lowest BCUT2D eigenvalue weighted by atomic mass is 9.92. The summed E-state index contributed by atoms with van der Waals surface area (Å²) in [4.78, 5) is 12.2. The first-order valence-electron chi connectivity index (χ1n) is 7.65. The largest absolute Gasteiger partial charge is 0.389 e. The Morgan fingerprint density at radius 2 is 2.00 bits per heavy atom. The van der Waals surface area contributed by atoms with E-state index in [2.05, 4.69) is 5.32 Å². The molecule has 0 saturated carbocycles. The first-order valence-corrected chi connectivity index (χ1v) is 7.65. The quantitative estimate of drug-likeness (QED) is 0.840. The molecule has 1 fully saturated rings. The number of ether oxygens (including phenoxy) is 1. The van der Waals surface area contributed by atoms with Crippen molar-refractivity contribution < 1.29 is 22.7 Å². The summed E-state index contributed by atoms with van der Waals surface area (Å²) in [6.07, 6.45) is -3.71. The van der Waals surface area contributed by atoms with Crippen molar-refractivity contribution in [1.29, 1.82) is 0 Å². The number of benzene rings is 1. The van der Waals surface area contributed by atoms with Gasteiger partial charge in [0.15, 0.2) is 0 Å². The van der Waals surface area contributed by atoms with Gasteiger partial charge in [-0.05, 0) is 42.9 Å². The van der Waals surface area contributed by atoms with Gasteiger partial charge in [0.1, 0.15) is 0 Å². The van der Waals surface area contributed by atoms with Crippen LogP contribution < -0.4 is 11.1 Å². The fraction of sp³-hybridized carbons (Fsp3) is 0.562. The van der Waals surface area contributed by atoms with Gasteiger partial charge in [-0.15, -0.1) is 12.4 Å². The van der Waals surface area contributed by atoms with E-state index >= 15 is 0 Å². The van der Waals surface area contributed by atoms with Crippen molar-refractivity contribution in [3.8, 4) is 0 Å². The Morgan fingerprint density at radius 3 is 2.62 bits per heavy atom. The number of nitrogens with two attached hydrogens (primary N) is 1. The number of rotatable bonds is 5. The summed E-state index contributed by atoms with van der Waals surface area (Å²) in [5, 5.41) is 2.69. The molecule has 0 spiro atoms. The smallest absolute Gasteiger partial charge is 0.381 e. The highest BCUT2D eigenvalue weighted by Crippen LogP contribution is 2.23. The van der Waals surface area contributed by atoms with Crippen LogP contribution in [0.2, 0.25) is 0 Å². The summed E-state index contributed by atoms with van der Waals surface area (Å²) < 4.78 is 42.0. The van der Waals surface area contributed by atoms with Crippen molar-refractivity contribution in [2.45, 2.75) is 37.9 Å². The van der Waals surface area contributed by atoms with Crippen molar-refractivity contribution in [2.75, 3.05) is 18.5 Å². The van der Waals surface area contributed by atoms with E-state index in [1.54, 1.807) is 24.3 Å². The second-order valence-corrected chi connectivity index (χ2v) is 5.78. The molecule has 0 aliphatic carbocycles. The molecule has 1 aromatic rings. The number of hydrogen-bond donors (Lipinski definition) is 2. The number of carbonyl (C=O) groups excluding carboxylic acids is 1. The number of alkyl halides is 3. The van der Waals surface area contributed by atoms with Crippen LogP contribution in [0, 0.1) is 5.92 Å². The Morgan fingerprint density at radius 1 is 1.33 bits per heavy atom. The van der Waals surface area contributed by atoms with Crippen LogP contribution in [0.15, 0.2) is 24.3 Å². The number of anilines is 1. The standard InChI is InChI=1S/C16H21F3N2O2.ClH/c17-16(18,19)7-4-11-2-1-3-13(10-11)21-15(22)14(20)12-5-8-23-9-6-12;/h1-3,10,12,14H,4-9,20H2,(H,21,22);1H. The van der Waals surface area contributed by atoms with Gasteiger partial charge in [0.2, 0.25) is 5.91 Å². The van der Waals surface area contributed by atoms with Crippen molar-refractivity contribution >= 4 is 24.0 Å². The third kappa shape index (κ3) is 6.67. The van der Waals surface area contributed by atoms with Gasteiger partial charge in [-0.1, -0.05) is 12.1 Å². The summed E-state index contributed by atoms with van der Waals surface area (Å²) in [7, 11) is 0. The van der Waals surface area contributed by atoms with E-state index in [0.29, 0.717) is 24.5 Å². The molecule has 1 aromatic carbocycles. The molecule has 1 heterocycles. The van der Waals surface area contributed by atoms with Gasteiger partial charge in [-0.25, -0.2) is 0 Å². The zero-order valence-corrected chi connectivity index (χ0v) is 14.0. The predicted molar refractivity (Wildman–Crippen MR) is 88.2 cm³/mol. The van der Waals surface area contributed by atoms with Crippen molar-refractivity contribution in [2.24, 2.45) is 11.7 Å². The molecule has 0 bridgehead atoms. The second-order valence-electron chi connectivity index (χ2n) is 5.78. The van der Waals surface area contributed by atoms with Crippen LogP contribution in [-0.2, 0) is 16.0 Å². The van der Waals surface area contributed by atoms with E-state index in [1.807, 2.05) is 0 Å². The maximum atomic E-state index is 12.3. The van der Waals surface area contributed by atoms with Gasteiger partial charge >= 0.3 is 6.18 Å². The van der Waals surface area contributed by atoms with E-state index in [9.17, 15) is 18.0 Å². The van der Waals surface area contributed by atoms with E-state index in [0.717, 1.165) is 12.8 Å². The third-order valence-electron chi connectivity index (χ3n) is 3.97. The monoisotopic (exact) mass is 366 g/mol. The first kappa shape index (κ1) is 20.7. The van der Waals surface area contributed by atoms with Crippen LogP contribution in [0.25, 0.3) is 0 Å². The summed E-state index contributed by atoms with van der Waals surface area (Å²) >= 11 is 0. The molecule has 1 unspecified atom stereocenters. The van der Waals surface area contributed by atoms with Crippen LogP contribution in [0.4, 0.5) is 18.9 Å². The number of amides is 1. The molecule has 1 amide bonds. The first-order chi connectivity index (χ1) is 10.8. The van der Waals surface area contributed by atoms with Crippen molar-refractivity contribution in [3.63, 3.8) is 0 Å². The van der Waals surface area contributed by atoms with Gasteiger partial charge < -0.3 is 15.8 Å². The molecule has 1 aliphatic rings. The fourth-order valence-electron chi connectivity index (χ4n) is 2.61. The summed E-state index contributed by atoms with van der Waals surface area (Å²) in [5.41, 5.74) is 6.97. The molecule has 1 aliphatic heterocycles. The van der Waals surface area contributed by atoms with Crippen LogP contribution in [0.3, 0.4) is 0 Å². The van der Waals surface area contributed by atoms with Gasteiger partial charge in [-0.3, -0.25) is 4.79 Å². The Balaban J connectivity index is 0.00000288. The molecule has 1 atom stereocenters. The highest BCUT2D eigenvalue weighted by atomic mass is 35.5. The highest BCUT2D eigenvalue weighted by molar-refractivity contribution is 5.94. The van der Waals surface area contributed by atoms with Gasteiger partial charge in [0, 0.05) is 25.3 Å². The average Bonchev–Trinajstić information content (AvgIpc) is 2.53. The number of nitrogens with one attached hydrogen (secondary N) is 1. The van der Waals surface area contributed by atoms with Crippen LogP contribution in [0.1, 0.15) is 24.8 Å². The number of hydrogen-bond acceptors (Lipinski definition) is 3. The summed E-state index contributed by atoms with van der Waals surface area (Å²) in [6, 6.07) is 5.80. The van der Waals surface area contributed by atoms with Crippen molar-refractivity contribution in [3.05, 3.63) is 29.8 Å². The summed E-state index contributed by atoms with van der Waals surface area (Å²) in [6.45, 7) is 1.19. The molecule has 4 nitrogen and oxygen atoms in total. The van der Waals surface area contributed by atoms with E-state index in [1.165, 1.54) is 0 Å². The Hall–Kier alpha value is -1.31. The Bertz CT molecular complexity index is 534. The fourth-order valence-corrected chi connectivity index (χ4v) is 2.61. The van der Waals surface area contributed by atoms with E-state index < -0.39 is 18.6 Å². The Labute approximate surface area is 145 Å². The maximum Gasteiger partial charge on any atom is 0.389 e. The predicted octanol–water partition coefficient (Wildman–Crippen LogP) is 3.30. The molecule has 1 saturated heterocycles. The zero-order chi connectivity index (χ0) is 16.9. The topological polar surface area (TPSA) is 64.4 Å². The number of aryl methyl sites for hydroxylation is 1. The van der Waals surface area contributed by atoms with Gasteiger partial charge in [0.05, 0.1) is 6.04 Å². The molecule has 8 heteroatoms. The van der Waals surface area contributed by atoms with E-state index in [-0.39, 0.29) is 30.7 Å². The lowest BCUT2D eigenvalue weighted by Crippen LogP contribution is -2.44. The minimum absolute atomic E-state index is 0. The molecule has 136 valence electrons. The molecule has 3 N–H and O–H groups in total. The third-order valence-corrected chi connectivity index (χ3v) is 3.97. The average molecular weight is 367 g/mol. The summed E-state index contributed by atoms with van der Waals surface area (Å²) in [5.74, 6) is -0.248.